The number of ketones is 1. The third kappa shape index (κ3) is 3.80. The van der Waals surface area contributed by atoms with Crippen LogP contribution in [0.3, 0.4) is 0 Å². The molecule has 1 unspecified atom stereocenters. The van der Waals surface area contributed by atoms with Gasteiger partial charge in [-0.15, -0.1) is 0 Å². The van der Waals surface area contributed by atoms with Gasteiger partial charge in [-0.3, -0.25) is 19.5 Å². The Bertz CT molecular complexity index is 1520. The number of nitrogens with zero attached hydrogens (tertiary/aromatic N) is 3. The van der Waals surface area contributed by atoms with Gasteiger partial charge in [0, 0.05) is 18.0 Å². The molecule has 8 heteroatoms. The zero-order chi connectivity index (χ0) is 25.6. The Morgan fingerprint density at radius 3 is 2.53 bits per heavy atom. The molecule has 2 N–H and O–H groups in total. The molecule has 1 aliphatic heterocycles. The lowest BCUT2D eigenvalue weighted by atomic mass is 9.93. The number of imidazole rings is 1. The summed E-state index contributed by atoms with van der Waals surface area (Å²) < 4.78 is 5.46. The van der Waals surface area contributed by atoms with E-state index in [1.807, 2.05) is 39.0 Å². The van der Waals surface area contributed by atoms with Crippen molar-refractivity contribution in [3.8, 4) is 5.75 Å². The Morgan fingerprint density at radius 2 is 1.83 bits per heavy atom. The second-order valence-electron chi connectivity index (χ2n) is 9.14. The number of rotatable bonds is 5. The highest BCUT2D eigenvalue weighted by Crippen LogP contribution is 2.42. The highest BCUT2D eigenvalue weighted by atomic mass is 16.5. The highest BCUT2D eigenvalue weighted by molar-refractivity contribution is 6.51. The van der Waals surface area contributed by atoms with Crippen LogP contribution in [0, 0.1) is 6.92 Å². The van der Waals surface area contributed by atoms with Crippen molar-refractivity contribution in [2.24, 2.45) is 0 Å². The molecule has 8 nitrogen and oxygen atoms in total. The fourth-order valence-electron chi connectivity index (χ4n) is 4.62. The lowest BCUT2D eigenvalue weighted by Gasteiger charge is -2.23. The van der Waals surface area contributed by atoms with Crippen molar-refractivity contribution in [2.75, 3.05) is 12.0 Å². The smallest absolute Gasteiger partial charge is 0.302 e. The Hall–Kier alpha value is -4.46. The van der Waals surface area contributed by atoms with E-state index >= 15 is 0 Å². The molecule has 1 fully saturated rings. The number of hydrogen-bond donors (Lipinski definition) is 2. The highest BCUT2D eigenvalue weighted by Gasteiger charge is 2.48. The van der Waals surface area contributed by atoms with Gasteiger partial charge in [0.2, 0.25) is 5.95 Å². The molecule has 36 heavy (non-hydrogen) atoms. The number of methoxy groups -OCH3 is 1. The first kappa shape index (κ1) is 23.3. The molecule has 1 atom stereocenters. The van der Waals surface area contributed by atoms with Gasteiger partial charge in [-0.1, -0.05) is 19.9 Å². The molecule has 2 aromatic carbocycles. The number of H-pyrrole nitrogens is 1. The number of fused-ring (bicyclic) bond motifs is 1. The first-order valence-corrected chi connectivity index (χ1v) is 11.7. The molecule has 0 bridgehead atoms. The van der Waals surface area contributed by atoms with Crippen molar-refractivity contribution in [1.29, 1.82) is 0 Å². The van der Waals surface area contributed by atoms with Crippen molar-refractivity contribution in [3.05, 3.63) is 88.8 Å². The van der Waals surface area contributed by atoms with Crippen LogP contribution in [0.2, 0.25) is 0 Å². The van der Waals surface area contributed by atoms with Crippen LogP contribution >= 0.6 is 0 Å². The molecule has 1 saturated heterocycles. The molecule has 1 aliphatic rings. The van der Waals surface area contributed by atoms with Gasteiger partial charge in [0.1, 0.15) is 11.5 Å². The van der Waals surface area contributed by atoms with E-state index in [2.05, 4.69) is 15.0 Å². The number of aliphatic hydroxyl groups is 1. The van der Waals surface area contributed by atoms with E-state index in [0.717, 1.165) is 16.6 Å². The predicted molar refractivity (Wildman–Crippen MR) is 137 cm³/mol. The first-order chi connectivity index (χ1) is 17.3. The number of carbonyl (C=O) groups excluding carboxylic acids is 2. The fraction of sp³-hybridized carbons (Fsp3) is 0.214. The summed E-state index contributed by atoms with van der Waals surface area (Å²) in [7, 11) is 1.59. The van der Waals surface area contributed by atoms with E-state index in [9.17, 15) is 14.7 Å². The summed E-state index contributed by atoms with van der Waals surface area (Å²) >= 11 is 0. The summed E-state index contributed by atoms with van der Waals surface area (Å²) in [6, 6.07) is 13.5. The van der Waals surface area contributed by atoms with Gasteiger partial charge < -0.3 is 14.8 Å². The van der Waals surface area contributed by atoms with Crippen LogP contribution < -0.4 is 9.64 Å². The fourth-order valence-corrected chi connectivity index (χ4v) is 4.62. The maximum absolute atomic E-state index is 13.4. The number of aromatic amines is 1. The van der Waals surface area contributed by atoms with Gasteiger partial charge in [0.15, 0.2) is 0 Å². The number of anilines is 1. The average Bonchev–Trinajstić information content (AvgIpc) is 3.41. The van der Waals surface area contributed by atoms with Crippen molar-refractivity contribution in [3.63, 3.8) is 0 Å². The molecule has 0 saturated carbocycles. The second-order valence-corrected chi connectivity index (χ2v) is 9.14. The molecule has 0 aliphatic carbocycles. The second kappa shape index (κ2) is 8.96. The van der Waals surface area contributed by atoms with Crippen LogP contribution in [0.25, 0.3) is 16.8 Å². The number of pyridine rings is 1. The van der Waals surface area contributed by atoms with Gasteiger partial charge in [0.25, 0.3) is 5.78 Å². The maximum Gasteiger partial charge on any atom is 0.302 e. The van der Waals surface area contributed by atoms with E-state index in [1.165, 1.54) is 4.90 Å². The van der Waals surface area contributed by atoms with Crippen molar-refractivity contribution < 1.29 is 19.4 Å². The Labute approximate surface area is 208 Å². The van der Waals surface area contributed by atoms with Crippen LogP contribution in [-0.4, -0.2) is 38.9 Å². The van der Waals surface area contributed by atoms with Crippen LogP contribution in [0.15, 0.2) is 66.5 Å². The van der Waals surface area contributed by atoms with Gasteiger partial charge in [-0.05, 0) is 72.0 Å². The number of Topliss-reactive ketones (excluding diaryl/α,β-unsaturated/α-hetero) is 1. The monoisotopic (exact) mass is 482 g/mol. The predicted octanol–water partition coefficient (Wildman–Crippen LogP) is 5.02. The quantitative estimate of drug-likeness (QED) is 0.235. The van der Waals surface area contributed by atoms with Crippen molar-refractivity contribution >= 4 is 34.4 Å². The number of aryl methyl sites for hydroxylation is 1. The van der Waals surface area contributed by atoms with Gasteiger partial charge >= 0.3 is 5.91 Å². The number of hydrogen-bond acceptors (Lipinski definition) is 6. The molecule has 1 amide bonds. The van der Waals surface area contributed by atoms with E-state index in [0.29, 0.717) is 22.4 Å². The molecule has 2 aromatic heterocycles. The van der Waals surface area contributed by atoms with Crippen LogP contribution in [0.4, 0.5) is 5.95 Å². The summed E-state index contributed by atoms with van der Waals surface area (Å²) in [5.41, 5.74) is 4.37. The Morgan fingerprint density at radius 1 is 1.08 bits per heavy atom. The van der Waals surface area contributed by atoms with E-state index in [1.54, 1.807) is 49.8 Å². The average molecular weight is 483 g/mol. The van der Waals surface area contributed by atoms with Crippen LogP contribution in [0.5, 0.6) is 5.75 Å². The third-order valence-electron chi connectivity index (χ3n) is 6.44. The molecule has 3 heterocycles. The minimum atomic E-state index is -0.890. The molecule has 5 rings (SSSR count). The number of amides is 1. The molecule has 0 spiro atoms. The zero-order valence-electron chi connectivity index (χ0n) is 20.4. The SMILES string of the molecule is COc1ccc(/C(O)=C2\C(=O)C(=O)N(c3nc4ccc(C)cc4[nH]3)C2c2ccncc2)cc1C(C)C. The first-order valence-electron chi connectivity index (χ1n) is 11.7. The molecule has 0 radical (unpaired) electrons. The van der Waals surface area contributed by atoms with Crippen molar-refractivity contribution in [2.45, 2.75) is 32.7 Å². The number of benzene rings is 2. The topological polar surface area (TPSA) is 108 Å². The van der Waals surface area contributed by atoms with Gasteiger partial charge in [-0.2, -0.15) is 0 Å². The molecular formula is C28H26N4O4. The molecular weight excluding hydrogens is 456 g/mol. The van der Waals surface area contributed by atoms with Crippen molar-refractivity contribution in [1.82, 2.24) is 15.0 Å². The van der Waals surface area contributed by atoms with E-state index < -0.39 is 17.7 Å². The number of aromatic nitrogens is 3. The molecule has 4 aromatic rings. The minimum absolute atomic E-state index is 0.0114. The summed E-state index contributed by atoms with van der Waals surface area (Å²) in [5.74, 6) is -0.778. The Kier molecular flexibility index (Phi) is 5.80. The van der Waals surface area contributed by atoms with Gasteiger partial charge in [-0.25, -0.2) is 4.98 Å². The largest absolute Gasteiger partial charge is 0.507 e. The number of nitrogens with one attached hydrogen (secondary N) is 1. The minimum Gasteiger partial charge on any atom is -0.507 e. The lowest BCUT2D eigenvalue weighted by molar-refractivity contribution is -0.132. The van der Waals surface area contributed by atoms with E-state index in [4.69, 9.17) is 4.74 Å². The Balaban J connectivity index is 1.71. The standard InChI is InChI=1S/C28H26N4O4/c1-15(2)19-14-18(6-8-22(19)36-4)25(33)23-24(17-9-11-29-12-10-17)32(27(35)26(23)34)28-30-20-7-5-16(3)13-21(20)31-28/h5-15,24,33H,1-4H3,(H,30,31)/b25-23+. The van der Waals surface area contributed by atoms with Crippen LogP contribution in [0.1, 0.15) is 48.1 Å². The van der Waals surface area contributed by atoms with Crippen LogP contribution in [-0.2, 0) is 9.59 Å². The normalized spacial score (nSPS) is 17.4. The molecule has 182 valence electrons. The summed E-state index contributed by atoms with van der Waals surface area (Å²) in [6.45, 7) is 5.99. The number of carbonyl (C=O) groups is 2. The summed E-state index contributed by atoms with van der Waals surface area (Å²) in [5, 5.41) is 11.4. The maximum atomic E-state index is 13.4. The zero-order valence-corrected chi connectivity index (χ0v) is 20.4. The summed E-state index contributed by atoms with van der Waals surface area (Å²) in [4.78, 5) is 39.9. The third-order valence-corrected chi connectivity index (χ3v) is 6.44. The van der Waals surface area contributed by atoms with E-state index in [-0.39, 0.29) is 23.2 Å². The van der Waals surface area contributed by atoms with Gasteiger partial charge in [0.05, 0.1) is 29.8 Å². The number of aliphatic hydroxyl groups excluding tert-OH is 1. The lowest BCUT2D eigenvalue weighted by Crippen LogP contribution is -2.30. The number of ether oxygens (including phenoxy) is 1. The summed E-state index contributed by atoms with van der Waals surface area (Å²) in [6.07, 6.45) is 3.17.